The highest BCUT2D eigenvalue weighted by Gasteiger charge is 2.24. The number of anilines is 1. The van der Waals surface area contributed by atoms with Crippen LogP contribution < -0.4 is 15.4 Å². The molecule has 0 spiro atoms. The first-order valence-corrected chi connectivity index (χ1v) is 7.43. The molecule has 0 saturated carbocycles. The van der Waals surface area contributed by atoms with Gasteiger partial charge in [0.1, 0.15) is 5.75 Å². The summed E-state index contributed by atoms with van der Waals surface area (Å²) in [4.78, 5) is 12.5. The van der Waals surface area contributed by atoms with Crippen molar-refractivity contribution in [3.63, 3.8) is 0 Å². The maximum atomic E-state index is 12.5. The Morgan fingerprint density at radius 2 is 1.96 bits per heavy atom. The standard InChI is InChI=1S/C18H20N2O2.ClH/c1-12-9-15(22-2)7-8-16(12)20-18(21)17-10-13-5-3-4-6-14(13)11-19-17;/h3-9,17,19H,10-11H2,1-2H3,(H,20,21);1H. The predicted molar refractivity (Wildman–Crippen MR) is 94.4 cm³/mol. The number of benzene rings is 2. The smallest absolute Gasteiger partial charge is 0.241 e. The third-order valence-corrected chi connectivity index (χ3v) is 4.09. The Labute approximate surface area is 142 Å². The van der Waals surface area contributed by atoms with Crippen LogP contribution >= 0.6 is 12.4 Å². The summed E-state index contributed by atoms with van der Waals surface area (Å²) in [6.07, 6.45) is 0.719. The van der Waals surface area contributed by atoms with E-state index in [0.29, 0.717) is 0 Å². The number of nitrogens with one attached hydrogen (secondary N) is 2. The number of methoxy groups -OCH3 is 1. The number of hydrogen-bond donors (Lipinski definition) is 2. The summed E-state index contributed by atoms with van der Waals surface area (Å²) in [6.45, 7) is 2.69. The number of fused-ring (bicyclic) bond motifs is 1. The van der Waals surface area contributed by atoms with Crippen LogP contribution in [0.3, 0.4) is 0 Å². The first-order chi connectivity index (χ1) is 10.7. The summed E-state index contributed by atoms with van der Waals surface area (Å²) < 4.78 is 5.19. The first-order valence-electron chi connectivity index (χ1n) is 7.43. The maximum Gasteiger partial charge on any atom is 0.241 e. The van der Waals surface area contributed by atoms with Gasteiger partial charge in [0, 0.05) is 12.2 Å². The number of hydrogen-bond acceptors (Lipinski definition) is 3. The molecule has 1 aliphatic rings. The van der Waals surface area contributed by atoms with Crippen LogP contribution in [-0.4, -0.2) is 19.1 Å². The third kappa shape index (κ3) is 3.84. The topological polar surface area (TPSA) is 50.4 Å². The monoisotopic (exact) mass is 332 g/mol. The van der Waals surface area contributed by atoms with Gasteiger partial charge in [0.2, 0.25) is 5.91 Å². The van der Waals surface area contributed by atoms with Crippen molar-refractivity contribution in [2.24, 2.45) is 0 Å². The SMILES string of the molecule is COc1ccc(NC(=O)C2Cc3ccccc3CN2)c(C)c1.Cl. The van der Waals surface area contributed by atoms with E-state index in [4.69, 9.17) is 4.74 Å². The lowest BCUT2D eigenvalue weighted by Crippen LogP contribution is -2.44. The Morgan fingerprint density at radius 3 is 2.65 bits per heavy atom. The summed E-state index contributed by atoms with van der Waals surface area (Å²) in [5, 5.41) is 6.31. The van der Waals surface area contributed by atoms with E-state index in [-0.39, 0.29) is 24.4 Å². The number of aryl methyl sites for hydroxylation is 1. The molecule has 1 unspecified atom stereocenters. The molecule has 1 heterocycles. The molecule has 2 N–H and O–H groups in total. The van der Waals surface area contributed by atoms with Crippen molar-refractivity contribution in [2.75, 3.05) is 12.4 Å². The molecule has 0 saturated heterocycles. The molecule has 0 aromatic heterocycles. The molecular weight excluding hydrogens is 312 g/mol. The molecule has 0 fully saturated rings. The molecule has 0 aliphatic carbocycles. The van der Waals surface area contributed by atoms with Gasteiger partial charge in [0.05, 0.1) is 13.2 Å². The van der Waals surface area contributed by atoms with E-state index in [1.54, 1.807) is 7.11 Å². The zero-order valence-electron chi connectivity index (χ0n) is 13.3. The van der Waals surface area contributed by atoms with Crippen LogP contribution in [-0.2, 0) is 17.8 Å². The van der Waals surface area contributed by atoms with Crippen molar-refractivity contribution in [3.8, 4) is 5.75 Å². The van der Waals surface area contributed by atoms with E-state index >= 15 is 0 Å². The van der Waals surface area contributed by atoms with Crippen LogP contribution in [0.4, 0.5) is 5.69 Å². The number of amides is 1. The molecule has 5 heteroatoms. The molecule has 122 valence electrons. The van der Waals surface area contributed by atoms with Crippen LogP contribution in [0, 0.1) is 6.92 Å². The summed E-state index contributed by atoms with van der Waals surface area (Å²) in [7, 11) is 1.64. The normalized spacial score (nSPS) is 16.0. The van der Waals surface area contributed by atoms with Gasteiger partial charge in [-0.05, 0) is 48.2 Å². The first kappa shape index (κ1) is 17.3. The second-order valence-corrected chi connectivity index (χ2v) is 5.58. The van der Waals surface area contributed by atoms with E-state index in [1.807, 2.05) is 37.3 Å². The molecule has 2 aromatic carbocycles. The van der Waals surface area contributed by atoms with Gasteiger partial charge in [0.15, 0.2) is 0 Å². The van der Waals surface area contributed by atoms with E-state index in [1.165, 1.54) is 11.1 Å². The highest BCUT2D eigenvalue weighted by molar-refractivity contribution is 5.95. The number of rotatable bonds is 3. The van der Waals surface area contributed by atoms with Crippen molar-refractivity contribution in [1.82, 2.24) is 5.32 Å². The quantitative estimate of drug-likeness (QED) is 0.908. The average Bonchev–Trinajstić information content (AvgIpc) is 2.56. The summed E-state index contributed by atoms with van der Waals surface area (Å²) in [5.41, 5.74) is 4.33. The molecule has 3 rings (SSSR count). The van der Waals surface area contributed by atoms with E-state index in [2.05, 4.69) is 22.8 Å². The molecule has 4 nitrogen and oxygen atoms in total. The Morgan fingerprint density at radius 1 is 1.22 bits per heavy atom. The summed E-state index contributed by atoms with van der Waals surface area (Å²) >= 11 is 0. The highest BCUT2D eigenvalue weighted by atomic mass is 35.5. The molecule has 0 bridgehead atoms. The van der Waals surface area contributed by atoms with Gasteiger partial charge in [-0.2, -0.15) is 0 Å². The van der Waals surface area contributed by atoms with Gasteiger partial charge in [-0.25, -0.2) is 0 Å². The fraction of sp³-hybridized carbons (Fsp3) is 0.278. The molecule has 0 radical (unpaired) electrons. The summed E-state index contributed by atoms with van der Waals surface area (Å²) in [6, 6.07) is 13.7. The minimum absolute atomic E-state index is 0. The van der Waals surface area contributed by atoms with Crippen molar-refractivity contribution >= 4 is 24.0 Å². The second kappa shape index (κ2) is 7.49. The van der Waals surface area contributed by atoms with Crippen molar-refractivity contribution in [1.29, 1.82) is 0 Å². The van der Waals surface area contributed by atoms with Gasteiger partial charge < -0.3 is 15.4 Å². The Kier molecular flexibility index (Phi) is 5.64. The van der Waals surface area contributed by atoms with Gasteiger partial charge in [0.25, 0.3) is 0 Å². The van der Waals surface area contributed by atoms with Gasteiger partial charge >= 0.3 is 0 Å². The zero-order valence-corrected chi connectivity index (χ0v) is 14.1. The van der Waals surface area contributed by atoms with E-state index in [9.17, 15) is 4.79 Å². The minimum atomic E-state index is -0.198. The fourth-order valence-corrected chi connectivity index (χ4v) is 2.76. The number of carbonyl (C=O) groups is 1. The van der Waals surface area contributed by atoms with Crippen LogP contribution in [0.1, 0.15) is 16.7 Å². The van der Waals surface area contributed by atoms with Gasteiger partial charge in [-0.3, -0.25) is 4.79 Å². The highest BCUT2D eigenvalue weighted by Crippen LogP contribution is 2.22. The van der Waals surface area contributed by atoms with Crippen LogP contribution in [0.15, 0.2) is 42.5 Å². The predicted octanol–water partition coefficient (Wildman–Crippen LogP) is 3.08. The third-order valence-electron chi connectivity index (χ3n) is 4.09. The van der Waals surface area contributed by atoms with Crippen molar-refractivity contribution in [2.45, 2.75) is 25.9 Å². The number of ether oxygens (including phenoxy) is 1. The molecule has 2 aromatic rings. The number of halogens is 1. The van der Waals surface area contributed by atoms with Crippen LogP contribution in [0.2, 0.25) is 0 Å². The number of carbonyl (C=O) groups excluding carboxylic acids is 1. The minimum Gasteiger partial charge on any atom is -0.497 e. The lowest BCUT2D eigenvalue weighted by molar-refractivity contribution is -0.118. The fourth-order valence-electron chi connectivity index (χ4n) is 2.76. The largest absolute Gasteiger partial charge is 0.497 e. The summed E-state index contributed by atoms with van der Waals surface area (Å²) in [5.74, 6) is 0.794. The van der Waals surface area contributed by atoms with Crippen LogP contribution in [0.5, 0.6) is 5.75 Å². The molecular formula is C18H21ClN2O2. The Bertz CT molecular complexity index is 703. The molecule has 23 heavy (non-hydrogen) atoms. The van der Waals surface area contributed by atoms with Crippen molar-refractivity contribution in [3.05, 3.63) is 59.2 Å². The maximum absolute atomic E-state index is 12.5. The Balaban J connectivity index is 0.00000192. The second-order valence-electron chi connectivity index (χ2n) is 5.58. The zero-order chi connectivity index (χ0) is 15.5. The molecule has 1 amide bonds. The van der Waals surface area contributed by atoms with Crippen LogP contribution in [0.25, 0.3) is 0 Å². The van der Waals surface area contributed by atoms with Gasteiger partial charge in [-0.15, -0.1) is 12.4 Å². The average molecular weight is 333 g/mol. The lowest BCUT2D eigenvalue weighted by Gasteiger charge is -2.25. The van der Waals surface area contributed by atoms with Gasteiger partial charge in [-0.1, -0.05) is 24.3 Å². The van der Waals surface area contributed by atoms with Crippen molar-refractivity contribution < 1.29 is 9.53 Å². The molecule has 1 aliphatic heterocycles. The van der Waals surface area contributed by atoms with E-state index in [0.717, 1.165) is 30.0 Å². The van der Waals surface area contributed by atoms with E-state index < -0.39 is 0 Å². The molecule has 1 atom stereocenters. The lowest BCUT2D eigenvalue weighted by atomic mass is 9.95. The Hall–Kier alpha value is -2.04.